The zero-order valence-electron chi connectivity index (χ0n) is 8.97. The number of rotatable bonds is 1. The van der Waals surface area contributed by atoms with Crippen molar-refractivity contribution in [2.45, 2.75) is 0 Å². The fraction of sp³-hybridized carbons (Fsp3) is 0. The predicted molar refractivity (Wildman–Crippen MR) is 70.0 cm³/mol. The van der Waals surface area contributed by atoms with E-state index in [2.05, 4.69) is 22.3 Å². The molecular weight excluding hydrogens is 232 g/mol. The van der Waals surface area contributed by atoms with E-state index in [0.29, 0.717) is 5.02 Å². The quantitative estimate of drug-likeness (QED) is 0.644. The van der Waals surface area contributed by atoms with Gasteiger partial charge in [0.25, 0.3) is 0 Å². The SMILES string of the molecule is Clc1cnnc2ccc(-c3ccccc3)cc12. The number of hydrogen-bond donors (Lipinski definition) is 0. The van der Waals surface area contributed by atoms with Crippen LogP contribution in [-0.4, -0.2) is 10.2 Å². The Labute approximate surface area is 104 Å². The third-order valence-electron chi connectivity index (χ3n) is 2.70. The molecule has 1 aromatic heterocycles. The molecule has 0 saturated heterocycles. The van der Waals surface area contributed by atoms with Crippen LogP contribution in [0.1, 0.15) is 0 Å². The largest absolute Gasteiger partial charge is 0.157 e. The molecule has 2 aromatic carbocycles. The highest BCUT2D eigenvalue weighted by Gasteiger charge is 2.03. The highest BCUT2D eigenvalue weighted by molar-refractivity contribution is 6.35. The lowest BCUT2D eigenvalue weighted by molar-refractivity contribution is 1.08. The topological polar surface area (TPSA) is 25.8 Å². The van der Waals surface area contributed by atoms with Crippen LogP contribution in [0.3, 0.4) is 0 Å². The van der Waals surface area contributed by atoms with E-state index in [4.69, 9.17) is 11.6 Å². The predicted octanol–water partition coefficient (Wildman–Crippen LogP) is 3.95. The van der Waals surface area contributed by atoms with Crippen molar-refractivity contribution in [3.63, 3.8) is 0 Å². The van der Waals surface area contributed by atoms with Crippen LogP contribution < -0.4 is 0 Å². The summed E-state index contributed by atoms with van der Waals surface area (Å²) in [7, 11) is 0. The summed E-state index contributed by atoms with van der Waals surface area (Å²) in [6.07, 6.45) is 1.57. The van der Waals surface area contributed by atoms with Crippen molar-refractivity contribution in [1.29, 1.82) is 0 Å². The minimum absolute atomic E-state index is 0.632. The van der Waals surface area contributed by atoms with Crippen molar-refractivity contribution in [3.05, 3.63) is 59.8 Å². The first-order valence-corrected chi connectivity index (χ1v) is 5.69. The summed E-state index contributed by atoms with van der Waals surface area (Å²) in [4.78, 5) is 0. The van der Waals surface area contributed by atoms with Gasteiger partial charge in [-0.2, -0.15) is 10.2 Å². The molecule has 1 heterocycles. The van der Waals surface area contributed by atoms with Gasteiger partial charge in [0.05, 0.1) is 16.7 Å². The number of benzene rings is 2. The van der Waals surface area contributed by atoms with Gasteiger partial charge in [0, 0.05) is 5.39 Å². The Kier molecular flexibility index (Phi) is 2.50. The summed E-state index contributed by atoms with van der Waals surface area (Å²) in [6.45, 7) is 0. The van der Waals surface area contributed by atoms with Gasteiger partial charge in [-0.05, 0) is 23.3 Å². The molecule has 0 saturated carbocycles. The summed E-state index contributed by atoms with van der Waals surface area (Å²) < 4.78 is 0. The zero-order chi connectivity index (χ0) is 11.7. The Bertz CT molecular complexity index is 665. The van der Waals surface area contributed by atoms with Crippen LogP contribution in [0.2, 0.25) is 5.02 Å². The number of halogens is 1. The second kappa shape index (κ2) is 4.15. The number of hydrogen-bond acceptors (Lipinski definition) is 2. The Balaban J connectivity index is 2.23. The highest BCUT2D eigenvalue weighted by atomic mass is 35.5. The van der Waals surface area contributed by atoms with Crippen molar-refractivity contribution >= 4 is 22.5 Å². The molecular formula is C14H9ClN2. The molecule has 0 N–H and O–H groups in total. The summed E-state index contributed by atoms with van der Waals surface area (Å²) in [5, 5.41) is 9.44. The van der Waals surface area contributed by atoms with E-state index in [-0.39, 0.29) is 0 Å². The summed E-state index contributed by atoms with van der Waals surface area (Å²) in [5.74, 6) is 0. The number of nitrogens with zero attached hydrogens (tertiary/aromatic N) is 2. The van der Waals surface area contributed by atoms with Crippen LogP contribution in [0.4, 0.5) is 0 Å². The van der Waals surface area contributed by atoms with E-state index >= 15 is 0 Å². The maximum atomic E-state index is 6.11. The first-order valence-electron chi connectivity index (χ1n) is 5.31. The van der Waals surface area contributed by atoms with Crippen LogP contribution in [0, 0.1) is 0 Å². The molecule has 3 aromatic rings. The standard InChI is InChI=1S/C14H9ClN2/c15-13-9-16-17-14-7-6-11(8-12(13)14)10-4-2-1-3-5-10/h1-9H. The Morgan fingerprint density at radius 1 is 0.882 bits per heavy atom. The second-order valence-electron chi connectivity index (χ2n) is 3.79. The van der Waals surface area contributed by atoms with Gasteiger partial charge in [-0.1, -0.05) is 48.0 Å². The minimum atomic E-state index is 0.632. The fourth-order valence-corrected chi connectivity index (χ4v) is 2.03. The molecule has 2 nitrogen and oxygen atoms in total. The van der Waals surface area contributed by atoms with E-state index < -0.39 is 0 Å². The summed E-state index contributed by atoms with van der Waals surface area (Å²) >= 11 is 6.11. The van der Waals surface area contributed by atoms with Crippen molar-refractivity contribution in [2.24, 2.45) is 0 Å². The van der Waals surface area contributed by atoms with E-state index in [1.165, 1.54) is 5.56 Å². The normalized spacial score (nSPS) is 10.6. The molecule has 0 aliphatic rings. The average Bonchev–Trinajstić information content (AvgIpc) is 2.40. The second-order valence-corrected chi connectivity index (χ2v) is 4.20. The maximum Gasteiger partial charge on any atom is 0.0945 e. The average molecular weight is 241 g/mol. The number of fused-ring (bicyclic) bond motifs is 1. The lowest BCUT2D eigenvalue weighted by Crippen LogP contribution is -1.85. The van der Waals surface area contributed by atoms with Crippen molar-refractivity contribution in [2.75, 3.05) is 0 Å². The van der Waals surface area contributed by atoms with Crippen LogP contribution in [-0.2, 0) is 0 Å². The van der Waals surface area contributed by atoms with E-state index in [1.54, 1.807) is 6.20 Å². The Morgan fingerprint density at radius 2 is 1.71 bits per heavy atom. The molecule has 0 bridgehead atoms. The molecule has 17 heavy (non-hydrogen) atoms. The molecule has 82 valence electrons. The van der Waals surface area contributed by atoms with Gasteiger partial charge in [0.2, 0.25) is 0 Å². The molecule has 3 heteroatoms. The van der Waals surface area contributed by atoms with Gasteiger partial charge in [0.15, 0.2) is 0 Å². The van der Waals surface area contributed by atoms with E-state index in [1.807, 2.05) is 36.4 Å². The van der Waals surface area contributed by atoms with E-state index in [0.717, 1.165) is 16.5 Å². The molecule has 0 fully saturated rings. The van der Waals surface area contributed by atoms with Gasteiger partial charge in [-0.25, -0.2) is 0 Å². The molecule has 0 unspecified atom stereocenters. The van der Waals surface area contributed by atoms with Crippen molar-refractivity contribution < 1.29 is 0 Å². The Hall–Kier alpha value is -1.93. The molecule has 0 spiro atoms. The minimum Gasteiger partial charge on any atom is -0.157 e. The fourth-order valence-electron chi connectivity index (χ4n) is 1.84. The molecule has 3 rings (SSSR count). The van der Waals surface area contributed by atoms with Crippen molar-refractivity contribution in [1.82, 2.24) is 10.2 Å². The molecule has 0 radical (unpaired) electrons. The number of aromatic nitrogens is 2. The monoisotopic (exact) mass is 240 g/mol. The third-order valence-corrected chi connectivity index (χ3v) is 3.00. The summed E-state index contributed by atoms with van der Waals surface area (Å²) in [6, 6.07) is 16.2. The highest BCUT2D eigenvalue weighted by Crippen LogP contribution is 2.26. The lowest BCUT2D eigenvalue weighted by Gasteiger charge is -2.04. The smallest absolute Gasteiger partial charge is 0.0945 e. The van der Waals surface area contributed by atoms with Gasteiger partial charge in [-0.15, -0.1) is 0 Å². The first kappa shape index (κ1) is 10.2. The molecule has 0 atom stereocenters. The molecule has 0 aliphatic heterocycles. The maximum absolute atomic E-state index is 6.11. The van der Waals surface area contributed by atoms with Gasteiger partial charge >= 0.3 is 0 Å². The molecule has 0 amide bonds. The van der Waals surface area contributed by atoms with Gasteiger partial charge in [0.1, 0.15) is 0 Å². The first-order chi connectivity index (χ1) is 8.34. The third kappa shape index (κ3) is 1.87. The lowest BCUT2D eigenvalue weighted by atomic mass is 10.0. The van der Waals surface area contributed by atoms with Crippen LogP contribution in [0.5, 0.6) is 0 Å². The molecule has 0 aliphatic carbocycles. The van der Waals surface area contributed by atoms with Gasteiger partial charge < -0.3 is 0 Å². The van der Waals surface area contributed by atoms with Crippen LogP contribution in [0.25, 0.3) is 22.0 Å². The van der Waals surface area contributed by atoms with Crippen LogP contribution >= 0.6 is 11.6 Å². The zero-order valence-corrected chi connectivity index (χ0v) is 9.72. The Morgan fingerprint density at radius 3 is 2.53 bits per heavy atom. The van der Waals surface area contributed by atoms with Crippen molar-refractivity contribution in [3.8, 4) is 11.1 Å². The van der Waals surface area contributed by atoms with E-state index in [9.17, 15) is 0 Å². The van der Waals surface area contributed by atoms with Crippen LogP contribution in [0.15, 0.2) is 54.7 Å². The van der Waals surface area contributed by atoms with Gasteiger partial charge in [-0.3, -0.25) is 0 Å². The summed E-state index contributed by atoms with van der Waals surface area (Å²) in [5.41, 5.74) is 3.12.